The number of hydrogen-bond donors (Lipinski definition) is 0. The monoisotopic (exact) mass is 1200 g/mol. The average molecular weight is 1200 g/mol. The zero-order valence-corrected chi connectivity index (χ0v) is 51.1. The zero-order chi connectivity index (χ0) is 60.9. The number of rotatable bonds is 6. The number of hydrogen-bond acceptors (Lipinski definition) is 6. The predicted molar refractivity (Wildman–Crippen MR) is 382 cm³/mol. The molecular weight excluding hydrogens is 1150 g/mol. The van der Waals surface area contributed by atoms with Crippen molar-refractivity contribution in [2.24, 2.45) is 0 Å². The number of nitrogens with zero attached hydrogens (tertiary/aromatic N) is 8. The predicted octanol–water partition coefficient (Wildman–Crippen LogP) is 18.1. The second-order valence-corrected chi connectivity index (χ2v) is 28.0. The molecule has 8 nitrogen and oxygen atoms in total. The summed E-state index contributed by atoms with van der Waals surface area (Å²) in [5.74, 6) is 1.62. The lowest BCUT2D eigenvalue weighted by Crippen LogP contribution is -2.70. The molecule has 0 radical (unpaired) electrons. The second kappa shape index (κ2) is 19.8. The maximum atomic E-state index is 5.68. The molecule has 4 aliphatic rings. The summed E-state index contributed by atoms with van der Waals surface area (Å²) in [4.78, 5) is 26.7. The minimum atomic E-state index is -3.62. The van der Waals surface area contributed by atoms with E-state index in [9.17, 15) is 0 Å². The normalized spacial score (nSPS) is 13.2. The molecule has 432 valence electrons. The maximum absolute atomic E-state index is 5.68. The third-order valence-electron chi connectivity index (χ3n) is 19.7. The van der Waals surface area contributed by atoms with Gasteiger partial charge in [-0.25, -0.2) is 19.9 Å². The van der Waals surface area contributed by atoms with Crippen molar-refractivity contribution in [3.8, 4) is 101 Å². The molecule has 0 atom stereocenters. The molecule has 0 bridgehead atoms. The van der Waals surface area contributed by atoms with E-state index in [2.05, 4.69) is 310 Å². The molecule has 0 saturated carbocycles. The van der Waals surface area contributed by atoms with Gasteiger partial charge in [0.05, 0.1) is 34.1 Å². The van der Waals surface area contributed by atoms with Gasteiger partial charge in [-0.1, -0.05) is 218 Å². The molecule has 4 aliphatic heterocycles. The highest BCUT2D eigenvalue weighted by Gasteiger charge is 2.57. The van der Waals surface area contributed by atoms with Crippen molar-refractivity contribution >= 4 is 85.3 Å². The van der Waals surface area contributed by atoms with Crippen LogP contribution in [0.5, 0.6) is 0 Å². The lowest BCUT2D eigenvalue weighted by atomic mass is 9.94. The maximum Gasteiger partial charge on any atom is 0.182 e. The minimum Gasteiger partial charge on any atom is -0.309 e. The first-order chi connectivity index (χ1) is 46.2. The number of imidazole rings is 2. The molecule has 1 spiro atoms. The van der Waals surface area contributed by atoms with Gasteiger partial charge in [0.1, 0.15) is 22.7 Å². The smallest absolute Gasteiger partial charge is 0.182 e. The third kappa shape index (κ3) is 7.13. The highest BCUT2D eigenvalue weighted by molar-refractivity contribution is 7.24. The molecule has 20 rings (SSSR count). The summed E-state index contributed by atoms with van der Waals surface area (Å²) in [6.45, 7) is 0. The van der Waals surface area contributed by atoms with Gasteiger partial charge in [0.2, 0.25) is 0 Å². The van der Waals surface area contributed by atoms with Crippen LogP contribution in [0.25, 0.3) is 123 Å². The molecule has 0 unspecified atom stereocenters. The number of para-hydroxylation sites is 6. The number of pyridine rings is 2. The van der Waals surface area contributed by atoms with Gasteiger partial charge in [-0.15, -0.1) is 0 Å². The van der Waals surface area contributed by atoms with Crippen LogP contribution in [0.4, 0.5) is 34.1 Å². The van der Waals surface area contributed by atoms with Crippen LogP contribution in [0.15, 0.2) is 316 Å². The quantitative estimate of drug-likeness (QED) is 0.155. The van der Waals surface area contributed by atoms with E-state index in [1.165, 1.54) is 76.4 Å². The highest BCUT2D eigenvalue weighted by atomic mass is 28.3. The lowest BCUT2D eigenvalue weighted by molar-refractivity contribution is 1.08. The van der Waals surface area contributed by atoms with E-state index >= 15 is 0 Å². The van der Waals surface area contributed by atoms with Gasteiger partial charge < -0.3 is 9.80 Å². The van der Waals surface area contributed by atoms with Gasteiger partial charge in [0.15, 0.2) is 19.4 Å². The summed E-state index contributed by atoms with van der Waals surface area (Å²) < 4.78 is 4.52. The molecule has 16 aromatic rings. The van der Waals surface area contributed by atoms with Crippen LogP contribution >= 0.6 is 0 Å². The Bertz CT molecular complexity index is 5320. The Kier molecular flexibility index (Phi) is 11.0. The van der Waals surface area contributed by atoms with Gasteiger partial charge in [-0.05, 0) is 139 Å². The Labute approximate surface area is 537 Å². The van der Waals surface area contributed by atoms with Crippen molar-refractivity contribution in [1.82, 2.24) is 29.1 Å². The topological polar surface area (TPSA) is 67.9 Å². The summed E-state index contributed by atoms with van der Waals surface area (Å²) in [6, 6.07) is 112. The van der Waals surface area contributed by atoms with Crippen LogP contribution in [0, 0.1) is 0 Å². The Morgan fingerprint density at radius 3 is 0.882 bits per heavy atom. The van der Waals surface area contributed by atoms with Crippen LogP contribution in [0.1, 0.15) is 0 Å². The van der Waals surface area contributed by atoms with Gasteiger partial charge in [0.25, 0.3) is 0 Å². The van der Waals surface area contributed by atoms with Gasteiger partial charge in [0, 0.05) is 68.3 Å². The number of fused-ring (bicyclic) bond motifs is 22. The van der Waals surface area contributed by atoms with Crippen molar-refractivity contribution in [3.63, 3.8) is 0 Å². The summed E-state index contributed by atoms with van der Waals surface area (Å²) in [6.07, 6.45) is 3.75. The Morgan fingerprint density at radius 1 is 0.226 bits per heavy atom. The molecule has 0 aliphatic carbocycles. The Balaban J connectivity index is 0.969. The van der Waals surface area contributed by atoms with Gasteiger partial charge in [-0.2, -0.15) is 0 Å². The molecule has 0 saturated heterocycles. The van der Waals surface area contributed by atoms with Crippen LogP contribution in [0.2, 0.25) is 0 Å². The Hall–Kier alpha value is -12.3. The SMILES string of the molecule is c1ccc(-n2c(-c3cccc4c3-c3c(-c5nc6cccnc6n5-c5ccccc5)cccc3[Si]43c4cccc(N5c6ccccc6-c6ccccc6-c6ccccc65)c4-c4c(N5c6ccccc6-c6ccccc6-c6ccccc65)cccc43)nc3cccnc32)cc1. The van der Waals surface area contributed by atoms with Crippen molar-refractivity contribution in [2.75, 3.05) is 9.80 Å². The van der Waals surface area contributed by atoms with Crippen LogP contribution in [-0.4, -0.2) is 37.1 Å². The Morgan fingerprint density at radius 2 is 0.516 bits per heavy atom. The molecule has 0 amide bonds. The average Bonchev–Trinajstić information content (AvgIpc) is 1.49. The van der Waals surface area contributed by atoms with Crippen molar-refractivity contribution in [1.29, 1.82) is 0 Å². The zero-order valence-electron chi connectivity index (χ0n) is 50.1. The van der Waals surface area contributed by atoms with E-state index in [4.69, 9.17) is 19.9 Å². The van der Waals surface area contributed by atoms with E-state index < -0.39 is 8.07 Å². The first kappa shape index (κ1) is 51.6. The van der Waals surface area contributed by atoms with Gasteiger partial charge >= 0.3 is 0 Å². The number of benzene rings is 12. The van der Waals surface area contributed by atoms with E-state index in [0.29, 0.717) is 0 Å². The van der Waals surface area contributed by atoms with E-state index in [-0.39, 0.29) is 0 Å². The fourth-order valence-corrected chi connectivity index (χ4v) is 21.9. The van der Waals surface area contributed by atoms with Crippen molar-refractivity contribution in [3.05, 3.63) is 316 Å². The second-order valence-electron chi connectivity index (χ2n) is 24.3. The largest absolute Gasteiger partial charge is 0.309 e. The van der Waals surface area contributed by atoms with Crippen LogP contribution < -0.4 is 30.5 Å². The molecule has 93 heavy (non-hydrogen) atoms. The molecule has 12 aromatic carbocycles. The van der Waals surface area contributed by atoms with Crippen molar-refractivity contribution in [2.45, 2.75) is 0 Å². The fourth-order valence-electron chi connectivity index (χ4n) is 16.2. The fraction of sp³-hybridized carbons (Fsp3) is 0. The molecule has 0 N–H and O–H groups in total. The number of aromatic nitrogens is 6. The molecular formula is C84H52N8Si. The van der Waals surface area contributed by atoms with E-state index in [0.717, 1.165) is 102 Å². The molecule has 9 heteroatoms. The summed E-state index contributed by atoms with van der Waals surface area (Å²) in [5.41, 5.74) is 28.0. The molecule has 0 fully saturated rings. The standard InChI is InChI=1S/C84H52N8Si/c1-3-25-53(26-4-1)89-81(87-65-39-23-51-85-83(65)89)63-37-19-47-73-77(63)78-64(82-88-66-40-24-52-86-84(66)90(82)54-27-5-2-6-28-54)38-20-48-74(78)93(73)75-49-21-45-71(91-67-41-15-11-33-59(67)55-29-7-8-30-56(55)60-34-12-16-42-68(60)91)79(75)80-72(46-22-50-76(80)93)92-69-43-17-13-35-61(69)57-31-9-10-32-58(57)62-36-14-18-44-70(62)92/h1-52H. The first-order valence-corrected chi connectivity index (χ1v) is 33.7. The summed E-state index contributed by atoms with van der Waals surface area (Å²) in [5, 5.41) is 5.18. The molecule has 8 heterocycles. The van der Waals surface area contributed by atoms with Crippen molar-refractivity contribution < 1.29 is 0 Å². The van der Waals surface area contributed by atoms with Crippen LogP contribution in [-0.2, 0) is 0 Å². The summed E-state index contributed by atoms with van der Waals surface area (Å²) >= 11 is 0. The highest BCUT2D eigenvalue weighted by Crippen LogP contribution is 2.58. The van der Waals surface area contributed by atoms with E-state index in [1.54, 1.807) is 0 Å². The summed E-state index contributed by atoms with van der Waals surface area (Å²) in [7, 11) is -3.62. The van der Waals surface area contributed by atoms with Gasteiger partial charge in [-0.3, -0.25) is 9.13 Å². The minimum absolute atomic E-state index is 0.790. The van der Waals surface area contributed by atoms with Crippen LogP contribution in [0.3, 0.4) is 0 Å². The third-order valence-corrected chi connectivity index (χ3v) is 24.6. The lowest BCUT2D eigenvalue weighted by Gasteiger charge is -2.32. The number of anilines is 6. The van der Waals surface area contributed by atoms with E-state index in [1.807, 2.05) is 24.5 Å². The molecule has 4 aromatic heterocycles. The first-order valence-electron chi connectivity index (χ1n) is 31.7.